The smallest absolute Gasteiger partial charge is 0.382 e. The second-order valence-corrected chi connectivity index (χ2v) is 7.93. The van der Waals surface area contributed by atoms with Crippen molar-refractivity contribution in [1.29, 1.82) is 0 Å². The molecule has 1 saturated heterocycles. The third kappa shape index (κ3) is 4.16. The number of ketones is 1. The molecule has 0 bridgehead atoms. The first-order valence-electron chi connectivity index (χ1n) is 9.16. The molecule has 0 amide bonds. The summed E-state index contributed by atoms with van der Waals surface area (Å²) >= 11 is 0.924. The summed E-state index contributed by atoms with van der Waals surface area (Å²) in [5, 5.41) is 14.1. The van der Waals surface area contributed by atoms with Crippen molar-refractivity contribution in [2.24, 2.45) is 0 Å². The van der Waals surface area contributed by atoms with Crippen LogP contribution in [0.3, 0.4) is 0 Å². The van der Waals surface area contributed by atoms with Gasteiger partial charge in [0, 0.05) is 23.7 Å². The second kappa shape index (κ2) is 7.93. The fourth-order valence-corrected chi connectivity index (χ4v) is 4.15. The van der Waals surface area contributed by atoms with Gasteiger partial charge in [-0.25, -0.2) is 9.97 Å². The number of fused-ring (bicyclic) bond motifs is 1. The number of alkyl halides is 3. The average Bonchev–Trinajstić information content (AvgIpc) is 3.18. The predicted molar refractivity (Wildman–Crippen MR) is 105 cm³/mol. The van der Waals surface area contributed by atoms with E-state index in [-0.39, 0.29) is 22.1 Å². The van der Waals surface area contributed by atoms with Crippen molar-refractivity contribution in [2.75, 3.05) is 18.8 Å². The maximum atomic E-state index is 13.1. The van der Waals surface area contributed by atoms with Crippen molar-refractivity contribution < 1.29 is 23.1 Å². The third-order valence-electron chi connectivity index (χ3n) is 4.86. The molecule has 4 rings (SSSR count). The lowest BCUT2D eigenvalue weighted by molar-refractivity contribution is -0.145. The number of carbonyl (C=O) groups excluding carboxylic acids is 1. The molecule has 2 N–H and O–H groups in total. The molecule has 156 valence electrons. The van der Waals surface area contributed by atoms with Crippen LogP contribution in [0.2, 0.25) is 0 Å². The highest BCUT2D eigenvalue weighted by atomic mass is 32.2. The van der Waals surface area contributed by atoms with Crippen LogP contribution in [0.4, 0.5) is 13.2 Å². The van der Waals surface area contributed by atoms with E-state index in [0.29, 0.717) is 36.2 Å². The molecule has 3 aromatic rings. The van der Waals surface area contributed by atoms with Gasteiger partial charge >= 0.3 is 6.18 Å². The number of aromatic nitrogens is 3. The highest BCUT2D eigenvalue weighted by Gasteiger charge is 2.36. The number of β-amino-alcohol motifs (C(OH)–C–C–N with tert-alkyl or cyclic N) is 1. The van der Waals surface area contributed by atoms with Gasteiger partial charge in [-0.05, 0) is 31.2 Å². The van der Waals surface area contributed by atoms with Crippen LogP contribution in [0.25, 0.3) is 10.9 Å². The molecule has 1 unspecified atom stereocenters. The second-order valence-electron chi connectivity index (χ2n) is 6.97. The number of thioether (sulfide) groups is 1. The molecule has 1 aliphatic heterocycles. The van der Waals surface area contributed by atoms with Gasteiger partial charge in [-0.15, -0.1) is 0 Å². The Bertz CT molecular complexity index is 1080. The number of hydrogen-bond donors (Lipinski definition) is 2. The minimum absolute atomic E-state index is 0.0946. The zero-order chi connectivity index (χ0) is 21.4. The summed E-state index contributed by atoms with van der Waals surface area (Å²) in [5.74, 6) is -1.64. The molecule has 10 heteroatoms. The molecule has 1 aliphatic rings. The third-order valence-corrected chi connectivity index (χ3v) is 5.85. The maximum absolute atomic E-state index is 13.1. The number of benzene rings is 1. The standard InChI is InChI=1S/C20H17F3N4O2S/c21-20(22,23)18-26-14-4-2-1-3-13(14)17(27-18)30-10-15(28)12-5-6-16(25-9-12)19(29)7-8-24-11-19/h1-6,9,24,29H,7-8,10-11H2. The van der Waals surface area contributed by atoms with Crippen LogP contribution >= 0.6 is 11.8 Å². The van der Waals surface area contributed by atoms with E-state index in [2.05, 4.69) is 20.3 Å². The van der Waals surface area contributed by atoms with Gasteiger partial charge in [0.2, 0.25) is 5.82 Å². The van der Waals surface area contributed by atoms with Crippen LogP contribution in [0.15, 0.2) is 47.6 Å². The van der Waals surface area contributed by atoms with Crippen molar-refractivity contribution in [2.45, 2.75) is 23.2 Å². The fraction of sp³-hybridized carbons (Fsp3) is 0.300. The lowest BCUT2D eigenvalue weighted by Crippen LogP contribution is -2.29. The number of Topliss-reactive ketones (excluding diaryl/α,β-unsaturated/α-hetero) is 1. The highest BCUT2D eigenvalue weighted by Crippen LogP contribution is 2.32. The Hall–Kier alpha value is -2.56. The van der Waals surface area contributed by atoms with Gasteiger partial charge in [-0.1, -0.05) is 30.0 Å². The Morgan fingerprint density at radius 2 is 2.00 bits per heavy atom. The molecule has 6 nitrogen and oxygen atoms in total. The number of aliphatic hydroxyl groups is 1. The molecule has 0 radical (unpaired) electrons. The summed E-state index contributed by atoms with van der Waals surface area (Å²) in [7, 11) is 0. The van der Waals surface area contributed by atoms with Gasteiger partial charge in [0.15, 0.2) is 5.78 Å². The number of halogens is 3. The zero-order valence-electron chi connectivity index (χ0n) is 15.6. The number of nitrogens with zero attached hydrogens (tertiary/aromatic N) is 3. The van der Waals surface area contributed by atoms with Crippen molar-refractivity contribution in [1.82, 2.24) is 20.3 Å². The van der Waals surface area contributed by atoms with Crippen LogP contribution in [0.1, 0.15) is 28.3 Å². The van der Waals surface area contributed by atoms with Gasteiger partial charge in [-0.2, -0.15) is 13.2 Å². The van der Waals surface area contributed by atoms with Gasteiger partial charge < -0.3 is 10.4 Å². The number of hydrogen-bond acceptors (Lipinski definition) is 7. The molecule has 2 aromatic heterocycles. The molecule has 1 fully saturated rings. The molecular formula is C20H17F3N4O2S. The Morgan fingerprint density at radius 1 is 1.20 bits per heavy atom. The Kier molecular flexibility index (Phi) is 5.48. The van der Waals surface area contributed by atoms with E-state index < -0.39 is 17.6 Å². The summed E-state index contributed by atoms with van der Waals surface area (Å²) in [4.78, 5) is 24.0. The van der Waals surface area contributed by atoms with Crippen LogP contribution in [-0.4, -0.2) is 44.7 Å². The first-order valence-corrected chi connectivity index (χ1v) is 10.1. The zero-order valence-corrected chi connectivity index (χ0v) is 16.4. The van der Waals surface area contributed by atoms with Gasteiger partial charge in [0.25, 0.3) is 0 Å². The maximum Gasteiger partial charge on any atom is 0.451 e. The molecular weight excluding hydrogens is 417 g/mol. The first-order chi connectivity index (χ1) is 14.3. The van der Waals surface area contributed by atoms with E-state index in [1.54, 1.807) is 30.3 Å². The minimum atomic E-state index is -4.68. The SMILES string of the molecule is O=C(CSc1nc(C(F)(F)F)nc2ccccc12)c1ccc(C2(O)CCNC2)nc1. The van der Waals surface area contributed by atoms with Gasteiger partial charge in [-0.3, -0.25) is 9.78 Å². The summed E-state index contributed by atoms with van der Waals surface area (Å²) in [6.45, 7) is 1.08. The Balaban J connectivity index is 1.53. The van der Waals surface area contributed by atoms with E-state index >= 15 is 0 Å². The number of carbonyl (C=O) groups is 1. The summed E-state index contributed by atoms with van der Waals surface area (Å²) in [6, 6.07) is 9.54. The van der Waals surface area contributed by atoms with Crippen LogP contribution in [0.5, 0.6) is 0 Å². The minimum Gasteiger partial charge on any atom is -0.382 e. The fourth-order valence-electron chi connectivity index (χ4n) is 3.23. The van der Waals surface area contributed by atoms with Crippen molar-refractivity contribution in [3.8, 4) is 0 Å². The molecule has 1 aromatic carbocycles. The molecule has 0 spiro atoms. The quantitative estimate of drug-likeness (QED) is 0.362. The van der Waals surface area contributed by atoms with E-state index in [0.717, 1.165) is 11.8 Å². The molecule has 3 heterocycles. The largest absolute Gasteiger partial charge is 0.451 e. The van der Waals surface area contributed by atoms with E-state index in [4.69, 9.17) is 0 Å². The predicted octanol–water partition coefficient (Wildman–Crippen LogP) is 3.20. The highest BCUT2D eigenvalue weighted by molar-refractivity contribution is 8.00. The van der Waals surface area contributed by atoms with E-state index in [1.165, 1.54) is 12.3 Å². The van der Waals surface area contributed by atoms with Crippen LogP contribution in [-0.2, 0) is 11.8 Å². The molecule has 0 aliphatic carbocycles. The number of rotatable bonds is 5. The van der Waals surface area contributed by atoms with Crippen molar-refractivity contribution >= 4 is 28.4 Å². The number of pyridine rings is 1. The lowest BCUT2D eigenvalue weighted by Gasteiger charge is -2.20. The average molecular weight is 434 g/mol. The van der Waals surface area contributed by atoms with Gasteiger partial charge in [0.1, 0.15) is 10.6 Å². The summed E-state index contributed by atoms with van der Waals surface area (Å²) < 4.78 is 39.4. The Morgan fingerprint density at radius 3 is 2.67 bits per heavy atom. The molecule has 1 atom stereocenters. The number of para-hydroxylation sites is 1. The molecule has 0 saturated carbocycles. The topological polar surface area (TPSA) is 88.0 Å². The first kappa shape index (κ1) is 20.7. The summed E-state index contributed by atoms with van der Waals surface area (Å²) in [5.41, 5.74) is -0.0905. The monoisotopic (exact) mass is 434 g/mol. The van der Waals surface area contributed by atoms with E-state index in [9.17, 15) is 23.1 Å². The lowest BCUT2D eigenvalue weighted by atomic mass is 9.97. The van der Waals surface area contributed by atoms with Crippen LogP contribution < -0.4 is 5.32 Å². The van der Waals surface area contributed by atoms with Crippen molar-refractivity contribution in [3.05, 3.63) is 59.7 Å². The van der Waals surface area contributed by atoms with Crippen molar-refractivity contribution in [3.63, 3.8) is 0 Å². The van der Waals surface area contributed by atoms with Crippen LogP contribution in [0, 0.1) is 0 Å². The number of nitrogens with one attached hydrogen (secondary N) is 1. The molecule has 30 heavy (non-hydrogen) atoms. The normalized spacial score (nSPS) is 19.3. The van der Waals surface area contributed by atoms with E-state index in [1.807, 2.05) is 0 Å². The summed E-state index contributed by atoms with van der Waals surface area (Å²) in [6.07, 6.45) is -2.77. The Labute approximate surface area is 174 Å². The van der Waals surface area contributed by atoms with Gasteiger partial charge in [0.05, 0.1) is 17.0 Å².